The van der Waals surface area contributed by atoms with Crippen LogP contribution in [0.2, 0.25) is 0 Å². The van der Waals surface area contributed by atoms with Crippen molar-refractivity contribution in [1.82, 2.24) is 5.32 Å². The molecule has 0 saturated heterocycles. The van der Waals surface area contributed by atoms with Crippen LogP contribution in [-0.4, -0.2) is 40.1 Å². The van der Waals surface area contributed by atoms with Crippen molar-refractivity contribution in [3.8, 4) is 11.5 Å². The molecular formula is C30H36N2O5S. The Morgan fingerprint density at radius 3 is 2.37 bits per heavy atom. The highest BCUT2D eigenvalue weighted by Gasteiger charge is 2.38. The van der Waals surface area contributed by atoms with E-state index in [9.17, 15) is 13.2 Å². The van der Waals surface area contributed by atoms with Crippen molar-refractivity contribution in [2.45, 2.75) is 58.0 Å². The zero-order chi connectivity index (χ0) is 27.7. The summed E-state index contributed by atoms with van der Waals surface area (Å²) in [7, 11) is -3.94. The van der Waals surface area contributed by atoms with Crippen molar-refractivity contribution >= 4 is 21.6 Å². The molecule has 0 fully saturated rings. The predicted octanol–water partition coefficient (Wildman–Crippen LogP) is 5.06. The van der Waals surface area contributed by atoms with Crippen LogP contribution in [0.15, 0.2) is 65.6 Å². The molecule has 1 N–H and O–H groups in total. The van der Waals surface area contributed by atoms with E-state index in [0.29, 0.717) is 11.4 Å². The van der Waals surface area contributed by atoms with Crippen molar-refractivity contribution < 1.29 is 22.7 Å². The SMILES string of the molecule is Cc1ccc(S(=O)(=O)N2C[C@@H](C(=O)NCCOc3ccc(C)c(C)c3)Oc3ccc(C(C)(C)C)cc32)cc1. The molecule has 0 unspecified atom stereocenters. The Morgan fingerprint density at radius 2 is 1.71 bits per heavy atom. The summed E-state index contributed by atoms with van der Waals surface area (Å²) in [5.41, 5.74) is 4.47. The van der Waals surface area contributed by atoms with Gasteiger partial charge in [-0.2, -0.15) is 0 Å². The molecule has 4 rings (SSSR count). The number of carbonyl (C=O) groups excluding carboxylic acids is 1. The topological polar surface area (TPSA) is 84.9 Å². The van der Waals surface area contributed by atoms with E-state index in [4.69, 9.17) is 9.47 Å². The maximum absolute atomic E-state index is 13.8. The standard InChI is InChI=1S/C30H36N2O5S/c1-20-7-12-25(13-8-20)38(34,35)32-19-28(37-27-14-10-23(18-26(27)32)30(4,5)6)29(33)31-15-16-36-24-11-9-21(2)22(3)17-24/h7-14,17-18,28H,15-16,19H2,1-6H3,(H,31,33)/t28-/m0/s1. The number of amides is 1. The number of hydrogen-bond donors (Lipinski definition) is 1. The molecule has 1 heterocycles. The zero-order valence-electron chi connectivity index (χ0n) is 22.9. The zero-order valence-corrected chi connectivity index (χ0v) is 23.7. The minimum atomic E-state index is -3.94. The van der Waals surface area contributed by atoms with Gasteiger partial charge in [-0.15, -0.1) is 0 Å². The minimum Gasteiger partial charge on any atom is -0.492 e. The minimum absolute atomic E-state index is 0.138. The van der Waals surface area contributed by atoms with Crippen molar-refractivity contribution in [3.05, 3.63) is 82.9 Å². The van der Waals surface area contributed by atoms with Crippen LogP contribution in [0, 0.1) is 20.8 Å². The highest BCUT2D eigenvalue weighted by atomic mass is 32.2. The van der Waals surface area contributed by atoms with Gasteiger partial charge in [0.05, 0.1) is 23.7 Å². The lowest BCUT2D eigenvalue weighted by molar-refractivity contribution is -0.127. The van der Waals surface area contributed by atoms with Gasteiger partial charge in [-0.05, 0) is 79.3 Å². The van der Waals surface area contributed by atoms with Crippen LogP contribution in [0.25, 0.3) is 0 Å². The maximum atomic E-state index is 13.8. The molecule has 0 radical (unpaired) electrons. The maximum Gasteiger partial charge on any atom is 0.264 e. The van der Waals surface area contributed by atoms with Crippen LogP contribution in [0.4, 0.5) is 5.69 Å². The summed E-state index contributed by atoms with van der Waals surface area (Å²) in [6.07, 6.45) is -1.01. The molecule has 38 heavy (non-hydrogen) atoms. The van der Waals surface area contributed by atoms with Crippen LogP contribution in [0.5, 0.6) is 11.5 Å². The van der Waals surface area contributed by atoms with Crippen LogP contribution in [0.1, 0.15) is 43.0 Å². The number of nitrogens with one attached hydrogen (secondary N) is 1. The molecule has 1 amide bonds. The van der Waals surface area contributed by atoms with Crippen molar-refractivity contribution in [2.24, 2.45) is 0 Å². The van der Waals surface area contributed by atoms with E-state index >= 15 is 0 Å². The number of sulfonamides is 1. The monoisotopic (exact) mass is 536 g/mol. The summed E-state index contributed by atoms with van der Waals surface area (Å²) in [5.74, 6) is 0.685. The molecule has 3 aromatic carbocycles. The summed E-state index contributed by atoms with van der Waals surface area (Å²) in [4.78, 5) is 13.2. The van der Waals surface area contributed by atoms with Gasteiger partial charge in [0, 0.05) is 0 Å². The third-order valence-electron chi connectivity index (χ3n) is 6.74. The molecule has 1 aliphatic heterocycles. The number of hydrogen-bond acceptors (Lipinski definition) is 5. The van der Waals surface area contributed by atoms with Gasteiger partial charge in [-0.25, -0.2) is 8.42 Å². The first-order chi connectivity index (χ1) is 17.9. The molecule has 202 valence electrons. The van der Waals surface area contributed by atoms with Crippen molar-refractivity contribution in [3.63, 3.8) is 0 Å². The number of fused-ring (bicyclic) bond motifs is 1. The van der Waals surface area contributed by atoms with Gasteiger partial charge in [0.15, 0.2) is 6.10 Å². The third kappa shape index (κ3) is 5.96. The molecule has 1 atom stereocenters. The molecule has 3 aromatic rings. The second-order valence-corrected chi connectivity index (χ2v) is 12.6. The molecule has 7 nitrogen and oxygen atoms in total. The summed E-state index contributed by atoms with van der Waals surface area (Å²) in [5, 5.41) is 2.82. The molecule has 0 saturated carbocycles. The summed E-state index contributed by atoms with van der Waals surface area (Å²) in [6, 6.07) is 18.0. The highest BCUT2D eigenvalue weighted by Crippen LogP contribution is 2.40. The van der Waals surface area contributed by atoms with Crippen LogP contribution in [-0.2, 0) is 20.2 Å². The molecule has 0 bridgehead atoms. The fourth-order valence-corrected chi connectivity index (χ4v) is 5.65. The summed E-state index contributed by atoms with van der Waals surface area (Å²) < 4.78 is 40.6. The Labute approximate surface area is 225 Å². The number of ether oxygens (including phenoxy) is 2. The van der Waals surface area contributed by atoms with E-state index in [-0.39, 0.29) is 30.0 Å². The Hall–Kier alpha value is -3.52. The molecule has 8 heteroatoms. The van der Waals surface area contributed by atoms with E-state index < -0.39 is 22.0 Å². The number of anilines is 1. The number of nitrogens with zero attached hydrogens (tertiary/aromatic N) is 1. The summed E-state index contributed by atoms with van der Waals surface area (Å²) in [6.45, 7) is 12.5. The van der Waals surface area contributed by atoms with Crippen LogP contribution < -0.4 is 19.1 Å². The van der Waals surface area contributed by atoms with Gasteiger partial charge in [0.2, 0.25) is 0 Å². The molecule has 0 aliphatic carbocycles. The van der Waals surface area contributed by atoms with E-state index in [1.807, 2.05) is 51.1 Å². The van der Waals surface area contributed by atoms with Gasteiger partial charge in [0.25, 0.3) is 15.9 Å². The Morgan fingerprint density at radius 1 is 1.00 bits per heavy atom. The average molecular weight is 537 g/mol. The molecule has 0 spiro atoms. The smallest absolute Gasteiger partial charge is 0.264 e. The van der Waals surface area contributed by atoms with Gasteiger partial charge >= 0.3 is 0 Å². The normalized spacial score (nSPS) is 15.4. The highest BCUT2D eigenvalue weighted by molar-refractivity contribution is 7.92. The Bertz CT molecular complexity index is 1430. The van der Waals surface area contributed by atoms with Gasteiger partial charge in [-0.3, -0.25) is 9.10 Å². The summed E-state index contributed by atoms with van der Waals surface area (Å²) >= 11 is 0. The first-order valence-electron chi connectivity index (χ1n) is 12.7. The molecule has 1 aliphatic rings. The lowest BCUT2D eigenvalue weighted by Gasteiger charge is -2.36. The number of rotatable bonds is 7. The van der Waals surface area contributed by atoms with Crippen LogP contribution in [0.3, 0.4) is 0 Å². The van der Waals surface area contributed by atoms with Gasteiger partial charge in [-0.1, -0.05) is 50.6 Å². The second-order valence-electron chi connectivity index (χ2n) is 10.8. The lowest BCUT2D eigenvalue weighted by atomic mass is 9.86. The number of benzene rings is 3. The van der Waals surface area contributed by atoms with E-state index in [1.54, 1.807) is 30.3 Å². The van der Waals surface area contributed by atoms with Gasteiger partial charge < -0.3 is 14.8 Å². The van der Waals surface area contributed by atoms with Gasteiger partial charge in [0.1, 0.15) is 18.1 Å². The first kappa shape index (κ1) is 27.5. The molecular weight excluding hydrogens is 500 g/mol. The third-order valence-corrected chi connectivity index (χ3v) is 8.54. The number of aryl methyl sites for hydroxylation is 3. The van der Waals surface area contributed by atoms with Crippen LogP contribution >= 0.6 is 0 Å². The van der Waals surface area contributed by atoms with Crippen molar-refractivity contribution in [2.75, 3.05) is 24.0 Å². The lowest BCUT2D eigenvalue weighted by Crippen LogP contribution is -2.51. The quantitative estimate of drug-likeness (QED) is 0.427. The predicted molar refractivity (Wildman–Crippen MR) is 150 cm³/mol. The van der Waals surface area contributed by atoms with Crippen molar-refractivity contribution in [1.29, 1.82) is 0 Å². The Kier molecular flexibility index (Phi) is 7.74. The average Bonchev–Trinajstić information content (AvgIpc) is 2.87. The first-order valence-corrected chi connectivity index (χ1v) is 14.2. The van der Waals surface area contributed by atoms with E-state index in [0.717, 1.165) is 22.4 Å². The van der Waals surface area contributed by atoms with E-state index in [1.165, 1.54) is 9.87 Å². The fourth-order valence-electron chi connectivity index (χ4n) is 4.18. The fraction of sp³-hybridized carbons (Fsp3) is 0.367. The number of carbonyl (C=O) groups is 1. The largest absolute Gasteiger partial charge is 0.492 e. The second kappa shape index (κ2) is 10.7. The molecule has 0 aromatic heterocycles. The Balaban J connectivity index is 1.54. The van der Waals surface area contributed by atoms with E-state index in [2.05, 4.69) is 26.1 Å².